The third-order valence-corrected chi connectivity index (χ3v) is 4.34. The summed E-state index contributed by atoms with van der Waals surface area (Å²) in [6.45, 7) is 1.95. The minimum Gasteiger partial charge on any atom is -0.363 e. The zero-order chi connectivity index (χ0) is 18.0. The van der Waals surface area contributed by atoms with Gasteiger partial charge in [0.1, 0.15) is 5.82 Å². The minimum absolute atomic E-state index is 0.0518. The SMILES string of the molecule is C[C@H](NC(=O)c1ccnc(N(C)C)c1)c1ccc2c(c1)CCC(=O)N2. The van der Waals surface area contributed by atoms with Gasteiger partial charge in [0.2, 0.25) is 5.91 Å². The van der Waals surface area contributed by atoms with Crippen LogP contribution in [0.15, 0.2) is 36.5 Å². The van der Waals surface area contributed by atoms with Gasteiger partial charge >= 0.3 is 0 Å². The van der Waals surface area contributed by atoms with E-state index in [1.165, 1.54) is 0 Å². The maximum atomic E-state index is 12.5. The molecule has 0 aliphatic carbocycles. The molecule has 2 aromatic rings. The maximum absolute atomic E-state index is 12.5. The molecule has 2 N–H and O–H groups in total. The molecule has 3 rings (SSSR count). The quantitative estimate of drug-likeness (QED) is 0.898. The second-order valence-corrected chi connectivity index (χ2v) is 6.46. The molecule has 6 nitrogen and oxygen atoms in total. The molecule has 2 amide bonds. The first-order valence-corrected chi connectivity index (χ1v) is 8.31. The lowest BCUT2D eigenvalue weighted by molar-refractivity contribution is -0.116. The molecule has 6 heteroatoms. The number of pyridine rings is 1. The fraction of sp³-hybridized carbons (Fsp3) is 0.316. The van der Waals surface area contributed by atoms with Gasteiger partial charge in [0, 0.05) is 38.0 Å². The number of aromatic nitrogens is 1. The van der Waals surface area contributed by atoms with Crippen molar-refractivity contribution >= 4 is 23.3 Å². The van der Waals surface area contributed by atoms with Crippen LogP contribution < -0.4 is 15.5 Å². The summed E-state index contributed by atoms with van der Waals surface area (Å²) in [5, 5.41) is 5.89. The molecule has 0 unspecified atom stereocenters. The van der Waals surface area contributed by atoms with Crippen LogP contribution in [-0.4, -0.2) is 30.9 Å². The predicted octanol–water partition coefficient (Wildman–Crippen LogP) is 2.52. The minimum atomic E-state index is -0.135. The van der Waals surface area contributed by atoms with Crippen LogP contribution in [0.3, 0.4) is 0 Å². The fourth-order valence-corrected chi connectivity index (χ4v) is 2.84. The van der Waals surface area contributed by atoms with Crippen LogP contribution in [0.2, 0.25) is 0 Å². The van der Waals surface area contributed by atoms with Crippen LogP contribution in [0.4, 0.5) is 11.5 Å². The van der Waals surface area contributed by atoms with Gasteiger partial charge in [-0.3, -0.25) is 9.59 Å². The van der Waals surface area contributed by atoms with Gasteiger partial charge in [0.15, 0.2) is 0 Å². The molecule has 0 radical (unpaired) electrons. The van der Waals surface area contributed by atoms with Crippen molar-refractivity contribution in [1.82, 2.24) is 10.3 Å². The van der Waals surface area contributed by atoms with Crippen molar-refractivity contribution in [2.24, 2.45) is 0 Å². The first-order chi connectivity index (χ1) is 11.9. The topological polar surface area (TPSA) is 74.3 Å². The van der Waals surface area contributed by atoms with Crippen LogP contribution in [0, 0.1) is 0 Å². The zero-order valence-electron chi connectivity index (χ0n) is 14.7. The Morgan fingerprint density at radius 2 is 2.04 bits per heavy atom. The van der Waals surface area contributed by atoms with Crippen LogP contribution in [0.1, 0.15) is 40.9 Å². The lowest BCUT2D eigenvalue weighted by atomic mass is 9.97. The summed E-state index contributed by atoms with van der Waals surface area (Å²) >= 11 is 0. The van der Waals surface area contributed by atoms with E-state index < -0.39 is 0 Å². The lowest BCUT2D eigenvalue weighted by Gasteiger charge is -2.20. The van der Waals surface area contributed by atoms with E-state index in [-0.39, 0.29) is 17.9 Å². The number of hydrogen-bond donors (Lipinski definition) is 2. The Morgan fingerprint density at radius 3 is 2.80 bits per heavy atom. The van der Waals surface area contributed by atoms with Crippen molar-refractivity contribution in [3.05, 3.63) is 53.2 Å². The van der Waals surface area contributed by atoms with E-state index >= 15 is 0 Å². The molecule has 0 saturated heterocycles. The number of nitrogens with zero attached hydrogens (tertiary/aromatic N) is 2. The molecule has 1 aromatic carbocycles. The van der Waals surface area contributed by atoms with E-state index in [4.69, 9.17) is 0 Å². The van der Waals surface area contributed by atoms with E-state index in [0.717, 1.165) is 29.1 Å². The number of carbonyl (C=O) groups excluding carboxylic acids is 2. The standard InChI is InChI=1S/C19H22N4O2/c1-12(13-4-6-16-14(10-13)5-7-18(24)22-16)21-19(25)15-8-9-20-17(11-15)23(2)3/h4,6,8-12H,5,7H2,1-3H3,(H,21,25)(H,22,24)/t12-/m0/s1. The third kappa shape index (κ3) is 3.79. The number of benzene rings is 1. The Bertz CT molecular complexity index is 817. The number of amides is 2. The summed E-state index contributed by atoms with van der Waals surface area (Å²) in [5.41, 5.74) is 3.57. The Balaban J connectivity index is 1.74. The van der Waals surface area contributed by atoms with Crippen LogP contribution in [0.5, 0.6) is 0 Å². The van der Waals surface area contributed by atoms with Gasteiger partial charge in [-0.2, -0.15) is 0 Å². The van der Waals surface area contributed by atoms with Gasteiger partial charge in [-0.1, -0.05) is 12.1 Å². The number of rotatable bonds is 4. The third-order valence-electron chi connectivity index (χ3n) is 4.34. The number of carbonyl (C=O) groups is 2. The van der Waals surface area contributed by atoms with Crippen molar-refractivity contribution < 1.29 is 9.59 Å². The summed E-state index contributed by atoms with van der Waals surface area (Å²) < 4.78 is 0. The molecule has 0 spiro atoms. The summed E-state index contributed by atoms with van der Waals surface area (Å²) in [5.74, 6) is 0.657. The largest absolute Gasteiger partial charge is 0.363 e. The highest BCUT2D eigenvalue weighted by molar-refractivity contribution is 5.95. The Labute approximate surface area is 147 Å². The highest BCUT2D eigenvalue weighted by Crippen LogP contribution is 2.26. The highest BCUT2D eigenvalue weighted by Gasteiger charge is 2.18. The Hall–Kier alpha value is -2.89. The zero-order valence-corrected chi connectivity index (χ0v) is 14.7. The molecular weight excluding hydrogens is 316 g/mol. The van der Waals surface area contributed by atoms with Crippen LogP contribution in [0.25, 0.3) is 0 Å². The first kappa shape index (κ1) is 17.0. The normalized spacial score (nSPS) is 14.3. The van der Waals surface area contributed by atoms with Crippen molar-refractivity contribution in [2.45, 2.75) is 25.8 Å². The van der Waals surface area contributed by atoms with Gasteiger partial charge in [-0.05, 0) is 42.7 Å². The van der Waals surface area contributed by atoms with Crippen molar-refractivity contribution in [3.63, 3.8) is 0 Å². The van der Waals surface area contributed by atoms with Crippen molar-refractivity contribution in [1.29, 1.82) is 0 Å². The van der Waals surface area contributed by atoms with E-state index in [1.807, 2.05) is 38.1 Å². The molecule has 130 valence electrons. The molecule has 0 saturated carbocycles. The molecule has 0 bridgehead atoms. The maximum Gasteiger partial charge on any atom is 0.251 e. The van der Waals surface area contributed by atoms with Crippen LogP contribution >= 0.6 is 0 Å². The average Bonchev–Trinajstić information content (AvgIpc) is 2.61. The van der Waals surface area contributed by atoms with Crippen molar-refractivity contribution in [3.8, 4) is 0 Å². The Kier molecular flexibility index (Phi) is 4.70. The molecular formula is C19H22N4O2. The van der Waals surface area contributed by atoms with Gasteiger partial charge in [0.25, 0.3) is 5.91 Å². The van der Waals surface area contributed by atoms with Gasteiger partial charge in [-0.15, -0.1) is 0 Å². The highest BCUT2D eigenvalue weighted by atomic mass is 16.2. The van der Waals surface area contributed by atoms with Gasteiger partial charge < -0.3 is 15.5 Å². The number of nitrogens with one attached hydrogen (secondary N) is 2. The van der Waals surface area contributed by atoms with Crippen LogP contribution in [-0.2, 0) is 11.2 Å². The summed E-state index contributed by atoms with van der Waals surface area (Å²) in [6, 6.07) is 9.24. The number of anilines is 2. The summed E-state index contributed by atoms with van der Waals surface area (Å²) in [6.07, 6.45) is 2.87. The number of fused-ring (bicyclic) bond motifs is 1. The second kappa shape index (κ2) is 6.93. The smallest absolute Gasteiger partial charge is 0.251 e. The predicted molar refractivity (Wildman–Crippen MR) is 97.8 cm³/mol. The molecule has 0 fully saturated rings. The molecule has 1 aliphatic heterocycles. The average molecular weight is 338 g/mol. The summed E-state index contributed by atoms with van der Waals surface area (Å²) in [4.78, 5) is 30.0. The van der Waals surface area contributed by atoms with E-state index in [0.29, 0.717) is 12.0 Å². The van der Waals surface area contributed by atoms with Crippen molar-refractivity contribution in [2.75, 3.05) is 24.3 Å². The molecule has 2 heterocycles. The molecule has 25 heavy (non-hydrogen) atoms. The van der Waals surface area contributed by atoms with E-state index in [1.54, 1.807) is 18.3 Å². The fourth-order valence-electron chi connectivity index (χ4n) is 2.84. The van der Waals surface area contributed by atoms with Gasteiger partial charge in [0.05, 0.1) is 6.04 Å². The monoisotopic (exact) mass is 338 g/mol. The summed E-state index contributed by atoms with van der Waals surface area (Å²) in [7, 11) is 3.77. The Morgan fingerprint density at radius 1 is 1.24 bits per heavy atom. The molecule has 1 aromatic heterocycles. The van der Waals surface area contributed by atoms with E-state index in [2.05, 4.69) is 21.7 Å². The first-order valence-electron chi connectivity index (χ1n) is 8.31. The van der Waals surface area contributed by atoms with E-state index in [9.17, 15) is 9.59 Å². The molecule has 1 atom stereocenters. The lowest BCUT2D eigenvalue weighted by Crippen LogP contribution is -2.27. The number of aryl methyl sites for hydroxylation is 1. The second-order valence-electron chi connectivity index (χ2n) is 6.46. The number of hydrogen-bond acceptors (Lipinski definition) is 4. The van der Waals surface area contributed by atoms with Gasteiger partial charge in [-0.25, -0.2) is 4.98 Å². The molecule has 1 aliphatic rings.